The van der Waals surface area contributed by atoms with Crippen LogP contribution in [-0.2, 0) is 4.74 Å². The summed E-state index contributed by atoms with van der Waals surface area (Å²) in [6, 6.07) is -0.663. The SMILES string of the molecule is CNC(=O)N[C@@H]1CCC[C@H]1OC(F)F. The number of hydrogen-bond donors (Lipinski definition) is 2. The minimum atomic E-state index is -2.77. The van der Waals surface area contributed by atoms with E-state index in [4.69, 9.17) is 0 Å². The van der Waals surface area contributed by atoms with Crippen LogP contribution >= 0.6 is 0 Å². The van der Waals surface area contributed by atoms with Gasteiger partial charge < -0.3 is 15.4 Å². The minimum absolute atomic E-state index is 0.302. The van der Waals surface area contributed by atoms with Crippen LogP contribution in [-0.4, -0.2) is 31.8 Å². The first kappa shape index (κ1) is 11.2. The number of rotatable bonds is 3. The molecule has 1 saturated carbocycles. The molecule has 2 atom stereocenters. The van der Waals surface area contributed by atoms with Crippen molar-refractivity contribution in [3.63, 3.8) is 0 Å². The monoisotopic (exact) mass is 208 g/mol. The first-order valence-electron chi connectivity index (χ1n) is 4.55. The number of carbonyl (C=O) groups excluding carboxylic acids is 1. The molecule has 0 heterocycles. The van der Waals surface area contributed by atoms with E-state index in [0.29, 0.717) is 12.8 Å². The fourth-order valence-corrected chi connectivity index (χ4v) is 1.63. The van der Waals surface area contributed by atoms with Gasteiger partial charge in [0.1, 0.15) is 0 Å². The predicted molar refractivity (Wildman–Crippen MR) is 46.1 cm³/mol. The maximum atomic E-state index is 11.9. The molecule has 0 saturated heterocycles. The molecule has 2 N–H and O–H groups in total. The second kappa shape index (κ2) is 5.09. The van der Waals surface area contributed by atoms with Crippen molar-refractivity contribution in [2.45, 2.75) is 38.0 Å². The van der Waals surface area contributed by atoms with Gasteiger partial charge in [-0.3, -0.25) is 0 Å². The van der Waals surface area contributed by atoms with Crippen molar-refractivity contribution in [2.24, 2.45) is 0 Å². The molecule has 14 heavy (non-hydrogen) atoms. The van der Waals surface area contributed by atoms with Crippen LogP contribution in [0, 0.1) is 0 Å². The molecule has 6 heteroatoms. The Labute approximate surface area is 81.0 Å². The number of amides is 2. The van der Waals surface area contributed by atoms with E-state index in [1.165, 1.54) is 7.05 Å². The lowest BCUT2D eigenvalue weighted by atomic mass is 10.2. The molecule has 0 spiro atoms. The number of urea groups is 1. The summed E-state index contributed by atoms with van der Waals surface area (Å²) in [5, 5.41) is 4.95. The number of carbonyl (C=O) groups is 1. The minimum Gasteiger partial charge on any atom is -0.341 e. The first-order chi connectivity index (χ1) is 6.63. The van der Waals surface area contributed by atoms with Gasteiger partial charge in [-0.2, -0.15) is 8.78 Å². The van der Waals surface area contributed by atoms with Crippen molar-refractivity contribution < 1.29 is 18.3 Å². The van der Waals surface area contributed by atoms with Crippen molar-refractivity contribution in [3.8, 4) is 0 Å². The van der Waals surface area contributed by atoms with Gasteiger partial charge in [0.05, 0.1) is 12.1 Å². The Morgan fingerprint density at radius 2 is 2.21 bits per heavy atom. The van der Waals surface area contributed by atoms with E-state index in [-0.39, 0.29) is 12.1 Å². The van der Waals surface area contributed by atoms with E-state index in [9.17, 15) is 13.6 Å². The standard InChI is InChI=1S/C8H14F2N2O2/c1-11-8(13)12-5-3-2-4-6(5)14-7(9)10/h5-7H,2-4H2,1H3,(H2,11,12,13)/t5-,6-/m1/s1. The topological polar surface area (TPSA) is 50.4 Å². The fraction of sp³-hybridized carbons (Fsp3) is 0.875. The highest BCUT2D eigenvalue weighted by Gasteiger charge is 2.31. The zero-order valence-electron chi connectivity index (χ0n) is 7.93. The number of halogens is 2. The smallest absolute Gasteiger partial charge is 0.341 e. The number of nitrogens with one attached hydrogen (secondary N) is 2. The van der Waals surface area contributed by atoms with Gasteiger partial charge >= 0.3 is 12.6 Å². The second-order valence-corrected chi connectivity index (χ2v) is 3.20. The van der Waals surface area contributed by atoms with Crippen molar-refractivity contribution in [2.75, 3.05) is 7.05 Å². The van der Waals surface area contributed by atoms with Gasteiger partial charge in [0, 0.05) is 7.05 Å². The summed E-state index contributed by atoms with van der Waals surface area (Å²) in [6.45, 7) is -2.77. The molecule has 0 aromatic heterocycles. The van der Waals surface area contributed by atoms with Crippen LogP contribution in [0.25, 0.3) is 0 Å². The van der Waals surface area contributed by atoms with Crippen LogP contribution in [0.4, 0.5) is 13.6 Å². The van der Waals surface area contributed by atoms with E-state index in [0.717, 1.165) is 6.42 Å². The van der Waals surface area contributed by atoms with Gasteiger partial charge in [-0.25, -0.2) is 4.79 Å². The van der Waals surface area contributed by atoms with Crippen LogP contribution in [0.5, 0.6) is 0 Å². The molecule has 4 nitrogen and oxygen atoms in total. The van der Waals surface area contributed by atoms with Crippen LogP contribution in [0.3, 0.4) is 0 Å². The molecular formula is C8H14F2N2O2. The third kappa shape index (κ3) is 3.10. The Balaban J connectivity index is 2.38. The summed E-state index contributed by atoms with van der Waals surface area (Å²) in [5.41, 5.74) is 0. The van der Waals surface area contributed by atoms with E-state index in [1.807, 2.05) is 0 Å². The van der Waals surface area contributed by atoms with Gasteiger partial charge in [0.25, 0.3) is 0 Å². The summed E-state index contributed by atoms with van der Waals surface area (Å²) < 4.78 is 28.3. The fourth-order valence-electron chi connectivity index (χ4n) is 1.63. The molecule has 0 unspecified atom stereocenters. The Morgan fingerprint density at radius 1 is 1.50 bits per heavy atom. The molecule has 2 amide bonds. The molecular weight excluding hydrogens is 194 g/mol. The number of alkyl halides is 2. The predicted octanol–water partition coefficient (Wildman–Crippen LogP) is 1.08. The van der Waals surface area contributed by atoms with Gasteiger partial charge in [0.15, 0.2) is 0 Å². The van der Waals surface area contributed by atoms with Crippen LogP contribution < -0.4 is 10.6 Å². The lowest BCUT2D eigenvalue weighted by molar-refractivity contribution is -0.164. The average molecular weight is 208 g/mol. The lowest BCUT2D eigenvalue weighted by Gasteiger charge is -2.20. The lowest BCUT2D eigenvalue weighted by Crippen LogP contribution is -2.45. The third-order valence-corrected chi connectivity index (χ3v) is 2.27. The summed E-state index contributed by atoms with van der Waals surface area (Å²) >= 11 is 0. The molecule has 0 aromatic rings. The Kier molecular flexibility index (Phi) is 4.06. The summed E-state index contributed by atoms with van der Waals surface area (Å²) in [6.07, 6.45) is 1.49. The van der Waals surface area contributed by atoms with Crippen LogP contribution in [0.1, 0.15) is 19.3 Å². The molecule has 82 valence electrons. The molecule has 1 rings (SSSR count). The van der Waals surface area contributed by atoms with Crippen molar-refractivity contribution in [1.82, 2.24) is 10.6 Å². The Hall–Kier alpha value is -0.910. The summed E-state index contributed by atoms with van der Waals surface area (Å²) in [7, 11) is 1.48. The molecule has 0 aliphatic heterocycles. The Morgan fingerprint density at radius 3 is 2.79 bits per heavy atom. The van der Waals surface area contributed by atoms with Crippen molar-refractivity contribution in [1.29, 1.82) is 0 Å². The molecule has 0 aromatic carbocycles. The highest BCUT2D eigenvalue weighted by molar-refractivity contribution is 5.73. The summed E-state index contributed by atoms with van der Waals surface area (Å²) in [4.78, 5) is 10.9. The average Bonchev–Trinajstić information content (AvgIpc) is 2.52. The van der Waals surface area contributed by atoms with Crippen LogP contribution in [0.2, 0.25) is 0 Å². The van der Waals surface area contributed by atoms with Crippen molar-refractivity contribution >= 4 is 6.03 Å². The Bertz CT molecular complexity index is 202. The van der Waals surface area contributed by atoms with Crippen LogP contribution in [0.15, 0.2) is 0 Å². The molecule has 0 bridgehead atoms. The van der Waals surface area contributed by atoms with Crippen molar-refractivity contribution in [3.05, 3.63) is 0 Å². The quantitative estimate of drug-likeness (QED) is 0.729. The van der Waals surface area contributed by atoms with E-state index >= 15 is 0 Å². The number of ether oxygens (including phenoxy) is 1. The number of hydrogen-bond acceptors (Lipinski definition) is 2. The van der Waals surface area contributed by atoms with Gasteiger partial charge in [-0.1, -0.05) is 0 Å². The molecule has 1 aliphatic rings. The second-order valence-electron chi connectivity index (χ2n) is 3.20. The maximum Gasteiger partial charge on any atom is 0.345 e. The third-order valence-electron chi connectivity index (χ3n) is 2.27. The van der Waals surface area contributed by atoms with Gasteiger partial charge in [-0.05, 0) is 19.3 Å². The molecule has 0 radical (unpaired) electrons. The zero-order valence-corrected chi connectivity index (χ0v) is 7.93. The normalized spacial score (nSPS) is 26.6. The van der Waals surface area contributed by atoms with Gasteiger partial charge in [-0.15, -0.1) is 0 Å². The van der Waals surface area contributed by atoms with E-state index in [2.05, 4.69) is 15.4 Å². The highest BCUT2D eigenvalue weighted by Crippen LogP contribution is 2.23. The van der Waals surface area contributed by atoms with E-state index in [1.54, 1.807) is 0 Å². The first-order valence-corrected chi connectivity index (χ1v) is 4.55. The molecule has 1 fully saturated rings. The molecule has 1 aliphatic carbocycles. The summed E-state index contributed by atoms with van der Waals surface area (Å²) in [5.74, 6) is 0. The zero-order chi connectivity index (χ0) is 10.6. The highest BCUT2D eigenvalue weighted by atomic mass is 19.3. The van der Waals surface area contributed by atoms with E-state index < -0.39 is 12.7 Å². The largest absolute Gasteiger partial charge is 0.345 e. The van der Waals surface area contributed by atoms with Gasteiger partial charge in [0.2, 0.25) is 0 Å². The maximum absolute atomic E-state index is 11.9.